The average Bonchev–Trinajstić information content (AvgIpc) is 3.36. The Labute approximate surface area is 151 Å². The Bertz CT molecular complexity index is 941. The van der Waals surface area contributed by atoms with Crippen LogP contribution >= 0.6 is 0 Å². The Kier molecular flexibility index (Phi) is 4.46. The van der Waals surface area contributed by atoms with Crippen molar-refractivity contribution in [3.8, 4) is 0 Å². The lowest BCUT2D eigenvalue weighted by atomic mass is 9.92. The van der Waals surface area contributed by atoms with E-state index in [0.29, 0.717) is 37.0 Å². The second-order valence-electron chi connectivity index (χ2n) is 6.57. The zero-order chi connectivity index (χ0) is 18.1. The number of aromatic nitrogens is 4. The molecule has 0 aliphatic carbocycles. The molecule has 1 aliphatic rings. The third-order valence-electron chi connectivity index (χ3n) is 4.83. The summed E-state index contributed by atoms with van der Waals surface area (Å²) in [5, 5.41) is 8.57. The molecule has 2 aromatic heterocycles. The number of rotatable bonds is 5. The minimum absolute atomic E-state index is 0.148. The molecule has 1 fully saturated rings. The van der Waals surface area contributed by atoms with Crippen LogP contribution in [0, 0.1) is 6.92 Å². The van der Waals surface area contributed by atoms with E-state index in [-0.39, 0.29) is 17.7 Å². The molecule has 26 heavy (non-hydrogen) atoms. The highest BCUT2D eigenvalue weighted by Gasteiger charge is 2.35. The highest BCUT2D eigenvalue weighted by atomic mass is 16.5. The lowest BCUT2D eigenvalue weighted by Gasteiger charge is -2.18. The predicted octanol–water partition coefficient (Wildman–Crippen LogP) is 2.65. The van der Waals surface area contributed by atoms with Gasteiger partial charge < -0.3 is 9.26 Å². The number of aryl methyl sites for hydroxylation is 1. The lowest BCUT2D eigenvalue weighted by Crippen LogP contribution is -2.26. The summed E-state index contributed by atoms with van der Waals surface area (Å²) < 4.78 is 14.2. The summed E-state index contributed by atoms with van der Waals surface area (Å²) in [7, 11) is 0. The van der Waals surface area contributed by atoms with Gasteiger partial charge in [-0.2, -0.15) is 5.10 Å². The fraction of sp³-hybridized carbons (Fsp3) is 0.421. The van der Waals surface area contributed by atoms with Crippen molar-refractivity contribution >= 4 is 0 Å². The van der Waals surface area contributed by atoms with Crippen molar-refractivity contribution in [2.45, 2.75) is 45.4 Å². The summed E-state index contributed by atoms with van der Waals surface area (Å²) in [6.45, 7) is 5.28. The van der Waals surface area contributed by atoms with Gasteiger partial charge in [0.2, 0.25) is 0 Å². The van der Waals surface area contributed by atoms with Gasteiger partial charge in [-0.05, 0) is 25.8 Å². The Morgan fingerprint density at radius 3 is 2.77 bits per heavy atom. The first-order valence-electron chi connectivity index (χ1n) is 8.93. The molecule has 0 spiro atoms. The molecule has 1 saturated heterocycles. The minimum Gasteiger partial charge on any atom is -0.370 e. The van der Waals surface area contributed by atoms with Crippen LogP contribution in [0.4, 0.5) is 0 Å². The second-order valence-corrected chi connectivity index (χ2v) is 6.57. The van der Waals surface area contributed by atoms with E-state index in [4.69, 9.17) is 9.26 Å². The quantitative estimate of drug-likeness (QED) is 0.704. The molecule has 136 valence electrons. The molecule has 3 aromatic rings. The third-order valence-corrected chi connectivity index (χ3v) is 4.83. The topological polar surface area (TPSA) is 75.1 Å². The number of ether oxygens (including phenoxy) is 1. The normalized spacial score (nSPS) is 19.9. The van der Waals surface area contributed by atoms with E-state index in [1.165, 1.54) is 10.2 Å². The van der Waals surface area contributed by atoms with Gasteiger partial charge in [-0.15, -0.1) is 0 Å². The monoisotopic (exact) mass is 354 g/mol. The van der Waals surface area contributed by atoms with Crippen molar-refractivity contribution < 1.29 is 9.26 Å². The molecule has 4 rings (SSSR count). The van der Waals surface area contributed by atoms with E-state index >= 15 is 0 Å². The number of benzene rings is 1. The van der Waals surface area contributed by atoms with E-state index in [1.807, 2.05) is 38.1 Å². The van der Waals surface area contributed by atoms with Gasteiger partial charge in [0.25, 0.3) is 0 Å². The summed E-state index contributed by atoms with van der Waals surface area (Å²) in [6.07, 6.45) is 0.701. The average molecular weight is 354 g/mol. The van der Waals surface area contributed by atoms with Crippen LogP contribution < -0.4 is 5.69 Å². The number of hydrogen-bond donors (Lipinski definition) is 0. The maximum absolute atomic E-state index is 12.8. The van der Waals surface area contributed by atoms with Crippen molar-refractivity contribution in [2.75, 3.05) is 6.61 Å². The summed E-state index contributed by atoms with van der Waals surface area (Å²) in [6, 6.07) is 12.1. The standard InChI is InChI=1S/C19H22N4O3/c1-3-22-18(17-16(9-10-25-17)14-7-5-4-6-8-14)20-23(19(22)24)12-15-11-13(2)26-21-15/h4-8,11,16-17H,3,9-10,12H2,1-2H3/t16-,17-/m0/s1. The maximum atomic E-state index is 12.8. The minimum atomic E-state index is -0.217. The summed E-state index contributed by atoms with van der Waals surface area (Å²) >= 11 is 0. The fourth-order valence-corrected chi connectivity index (χ4v) is 3.60. The Balaban J connectivity index is 1.69. The van der Waals surface area contributed by atoms with Gasteiger partial charge >= 0.3 is 5.69 Å². The van der Waals surface area contributed by atoms with Gasteiger partial charge in [0, 0.05) is 25.1 Å². The van der Waals surface area contributed by atoms with Crippen LogP contribution in [-0.2, 0) is 17.8 Å². The van der Waals surface area contributed by atoms with Crippen molar-refractivity contribution in [3.63, 3.8) is 0 Å². The molecule has 1 aliphatic heterocycles. The van der Waals surface area contributed by atoms with Crippen LogP contribution in [0.25, 0.3) is 0 Å². The largest absolute Gasteiger partial charge is 0.370 e. The summed E-state index contributed by atoms with van der Waals surface area (Å²) in [4.78, 5) is 12.8. The first-order valence-corrected chi connectivity index (χ1v) is 8.93. The molecule has 0 unspecified atom stereocenters. The predicted molar refractivity (Wildman–Crippen MR) is 95.0 cm³/mol. The van der Waals surface area contributed by atoms with Crippen LogP contribution in [0.2, 0.25) is 0 Å². The Morgan fingerprint density at radius 1 is 1.27 bits per heavy atom. The molecule has 0 saturated carbocycles. The van der Waals surface area contributed by atoms with Crippen LogP contribution in [0.5, 0.6) is 0 Å². The first kappa shape index (κ1) is 16.8. The van der Waals surface area contributed by atoms with Crippen molar-refractivity contribution in [1.29, 1.82) is 0 Å². The van der Waals surface area contributed by atoms with Gasteiger partial charge in [0.1, 0.15) is 17.6 Å². The highest BCUT2D eigenvalue weighted by Crippen LogP contribution is 2.40. The van der Waals surface area contributed by atoms with Crippen LogP contribution in [0.1, 0.15) is 48.2 Å². The zero-order valence-electron chi connectivity index (χ0n) is 15.0. The van der Waals surface area contributed by atoms with Gasteiger partial charge in [-0.25, -0.2) is 9.48 Å². The molecule has 0 radical (unpaired) electrons. The van der Waals surface area contributed by atoms with Crippen molar-refractivity contribution in [3.05, 3.63) is 69.7 Å². The van der Waals surface area contributed by atoms with E-state index in [1.54, 1.807) is 4.57 Å². The van der Waals surface area contributed by atoms with Gasteiger partial charge in [-0.1, -0.05) is 35.5 Å². The van der Waals surface area contributed by atoms with Crippen molar-refractivity contribution in [2.24, 2.45) is 0 Å². The van der Waals surface area contributed by atoms with E-state index in [0.717, 1.165) is 6.42 Å². The van der Waals surface area contributed by atoms with E-state index in [9.17, 15) is 4.79 Å². The SMILES string of the molecule is CCn1c([C@H]2OCC[C@H]2c2ccccc2)nn(Cc2cc(C)on2)c1=O. The molecule has 7 heteroatoms. The van der Waals surface area contributed by atoms with Crippen molar-refractivity contribution in [1.82, 2.24) is 19.5 Å². The Hall–Kier alpha value is -2.67. The molecule has 0 amide bonds. The fourth-order valence-electron chi connectivity index (χ4n) is 3.60. The molecule has 7 nitrogen and oxygen atoms in total. The molecular formula is C19H22N4O3. The van der Waals surface area contributed by atoms with E-state index in [2.05, 4.69) is 22.4 Å². The molecule has 0 N–H and O–H groups in total. The second kappa shape index (κ2) is 6.92. The summed E-state index contributed by atoms with van der Waals surface area (Å²) in [5.74, 6) is 1.60. The van der Waals surface area contributed by atoms with E-state index < -0.39 is 0 Å². The zero-order valence-corrected chi connectivity index (χ0v) is 15.0. The smallest absolute Gasteiger partial charge is 0.346 e. The molecule has 2 atom stereocenters. The summed E-state index contributed by atoms with van der Waals surface area (Å²) in [5.41, 5.74) is 1.75. The molecule has 0 bridgehead atoms. The highest BCUT2D eigenvalue weighted by molar-refractivity contribution is 5.23. The molecule has 1 aromatic carbocycles. The van der Waals surface area contributed by atoms with Gasteiger partial charge in [-0.3, -0.25) is 4.57 Å². The molecule has 3 heterocycles. The lowest BCUT2D eigenvalue weighted by molar-refractivity contribution is 0.0934. The van der Waals surface area contributed by atoms with Gasteiger partial charge in [0.15, 0.2) is 5.82 Å². The Morgan fingerprint density at radius 2 is 2.08 bits per heavy atom. The number of hydrogen-bond acceptors (Lipinski definition) is 5. The van der Waals surface area contributed by atoms with Crippen LogP contribution in [-0.4, -0.2) is 26.1 Å². The van der Waals surface area contributed by atoms with Gasteiger partial charge in [0.05, 0.1) is 6.54 Å². The molecular weight excluding hydrogens is 332 g/mol. The van der Waals surface area contributed by atoms with Crippen LogP contribution in [0.15, 0.2) is 45.7 Å². The first-order chi connectivity index (χ1) is 12.7. The maximum Gasteiger partial charge on any atom is 0.346 e. The van der Waals surface area contributed by atoms with Crippen LogP contribution in [0.3, 0.4) is 0 Å². The number of nitrogens with zero attached hydrogens (tertiary/aromatic N) is 4. The third kappa shape index (κ3) is 2.99.